The van der Waals surface area contributed by atoms with E-state index in [2.05, 4.69) is 220 Å². The van der Waals surface area contributed by atoms with Gasteiger partial charge in [0.25, 0.3) is 0 Å². The summed E-state index contributed by atoms with van der Waals surface area (Å²) in [5.41, 5.74) is 18.0. The zero-order chi connectivity index (χ0) is 38.1. The van der Waals surface area contributed by atoms with E-state index in [0.29, 0.717) is 0 Å². The largest absolute Gasteiger partial charge is 0.0852 e. The van der Waals surface area contributed by atoms with Crippen molar-refractivity contribution in [2.75, 3.05) is 0 Å². The van der Waals surface area contributed by atoms with Crippen molar-refractivity contribution in [1.29, 1.82) is 0 Å². The SMILES string of the molecule is CC[C@@H](SS[C@H](CC)c1c(-c2ccccc2)cc(-c2ccccc2)cc1-c1ccccc1)c1c(-c2ccccc2)cc(-c2ccccc2)cc1-c1ccccc1. The van der Waals surface area contributed by atoms with Crippen LogP contribution in [0, 0.1) is 0 Å². The molecule has 274 valence electrons. The summed E-state index contributed by atoms with van der Waals surface area (Å²) in [5.74, 6) is 0. The summed E-state index contributed by atoms with van der Waals surface area (Å²) in [5, 5.41) is 0.487. The molecule has 2 atom stereocenters. The summed E-state index contributed by atoms with van der Waals surface area (Å²) in [6, 6.07) is 75.4. The highest BCUT2D eigenvalue weighted by Gasteiger charge is 2.27. The molecule has 0 aromatic heterocycles. The molecule has 0 heterocycles. The lowest BCUT2D eigenvalue weighted by molar-refractivity contribution is 0.897. The summed E-state index contributed by atoms with van der Waals surface area (Å²) >= 11 is 0. The van der Waals surface area contributed by atoms with Crippen LogP contribution in [-0.2, 0) is 0 Å². The monoisotopic (exact) mass is 758 g/mol. The van der Waals surface area contributed by atoms with Crippen molar-refractivity contribution >= 4 is 21.6 Å². The van der Waals surface area contributed by atoms with Gasteiger partial charge in [-0.25, -0.2) is 0 Å². The molecular formula is C54H46S2. The van der Waals surface area contributed by atoms with Crippen molar-refractivity contribution < 1.29 is 0 Å². The maximum absolute atomic E-state index is 2.43. The molecule has 0 nitrogen and oxygen atoms in total. The van der Waals surface area contributed by atoms with Gasteiger partial charge in [-0.2, -0.15) is 0 Å². The fourth-order valence-corrected chi connectivity index (χ4v) is 11.2. The topological polar surface area (TPSA) is 0 Å². The van der Waals surface area contributed by atoms with Crippen molar-refractivity contribution in [3.05, 3.63) is 217 Å². The number of hydrogen-bond donors (Lipinski definition) is 0. The van der Waals surface area contributed by atoms with Gasteiger partial charge in [-0.3, -0.25) is 0 Å². The summed E-state index contributed by atoms with van der Waals surface area (Å²) < 4.78 is 0. The zero-order valence-corrected chi connectivity index (χ0v) is 33.6. The molecule has 56 heavy (non-hydrogen) atoms. The van der Waals surface area contributed by atoms with Crippen molar-refractivity contribution in [2.24, 2.45) is 0 Å². The number of benzene rings is 8. The predicted octanol–water partition coefficient (Wildman–Crippen LogP) is 16.7. The maximum Gasteiger partial charge on any atom is 0.0410 e. The quantitative estimate of drug-likeness (QED) is 0.107. The van der Waals surface area contributed by atoms with E-state index in [0.717, 1.165) is 12.8 Å². The Morgan fingerprint density at radius 1 is 0.286 bits per heavy atom. The first-order chi connectivity index (χ1) is 27.7. The Balaban J connectivity index is 1.28. The summed E-state index contributed by atoms with van der Waals surface area (Å²) in [4.78, 5) is 0. The maximum atomic E-state index is 2.43. The standard InChI is InChI=1S/C54H46S2/c1-3-51(53-47(41-27-15-7-16-28-41)35-45(39-23-11-5-12-24-39)36-48(53)42-29-17-8-18-30-42)55-56-52(4-2)54-49(43-31-19-9-20-32-43)37-46(40-25-13-6-14-26-40)38-50(54)44-33-21-10-22-34-44/h5-38,51-52H,3-4H2,1-2H3/t51-,52-/m1/s1. The van der Waals surface area contributed by atoms with Crippen molar-refractivity contribution in [1.82, 2.24) is 0 Å². The third kappa shape index (κ3) is 8.19. The molecule has 0 aliphatic carbocycles. The van der Waals surface area contributed by atoms with Gasteiger partial charge >= 0.3 is 0 Å². The lowest BCUT2D eigenvalue weighted by Crippen LogP contribution is -2.03. The molecule has 0 spiro atoms. The van der Waals surface area contributed by atoms with Crippen LogP contribution in [0.3, 0.4) is 0 Å². The molecule has 0 fully saturated rings. The minimum absolute atomic E-state index is 0.244. The van der Waals surface area contributed by atoms with Crippen LogP contribution < -0.4 is 0 Å². The van der Waals surface area contributed by atoms with Crippen LogP contribution in [0.1, 0.15) is 48.3 Å². The van der Waals surface area contributed by atoms with Crippen LogP contribution in [0.2, 0.25) is 0 Å². The van der Waals surface area contributed by atoms with Gasteiger partial charge in [0, 0.05) is 10.5 Å². The minimum atomic E-state index is 0.244. The first kappa shape index (κ1) is 37.4. The normalized spacial score (nSPS) is 12.2. The van der Waals surface area contributed by atoms with E-state index < -0.39 is 0 Å². The molecule has 8 aromatic carbocycles. The van der Waals surface area contributed by atoms with Gasteiger partial charge in [0.1, 0.15) is 0 Å². The molecule has 0 amide bonds. The smallest absolute Gasteiger partial charge is 0.0410 e. The zero-order valence-electron chi connectivity index (χ0n) is 32.0. The van der Waals surface area contributed by atoms with Crippen LogP contribution >= 0.6 is 21.6 Å². The van der Waals surface area contributed by atoms with E-state index >= 15 is 0 Å². The Bertz CT molecular complexity index is 2160. The Kier molecular flexibility index (Phi) is 12.0. The fourth-order valence-electron chi connectivity index (χ4n) is 7.80. The van der Waals surface area contributed by atoms with E-state index in [4.69, 9.17) is 0 Å². The average molecular weight is 759 g/mol. The molecule has 0 radical (unpaired) electrons. The molecular weight excluding hydrogens is 713 g/mol. The highest BCUT2D eigenvalue weighted by atomic mass is 33.1. The Morgan fingerprint density at radius 3 is 0.714 bits per heavy atom. The summed E-state index contributed by atoms with van der Waals surface area (Å²) in [6.07, 6.45) is 2.00. The molecule has 0 aliphatic heterocycles. The fraction of sp³-hybridized carbons (Fsp3) is 0.111. The second-order valence-electron chi connectivity index (χ2n) is 14.2. The second-order valence-corrected chi connectivity index (χ2v) is 16.8. The molecule has 8 aromatic rings. The summed E-state index contributed by atoms with van der Waals surface area (Å²) in [7, 11) is 4.09. The van der Waals surface area contributed by atoms with Gasteiger partial charge in [-0.15, -0.1) is 0 Å². The van der Waals surface area contributed by atoms with Gasteiger partial charge in [-0.1, -0.05) is 217 Å². The van der Waals surface area contributed by atoms with Crippen LogP contribution in [0.15, 0.2) is 206 Å². The highest BCUT2D eigenvalue weighted by Crippen LogP contribution is 2.56. The molecule has 0 unspecified atom stereocenters. The Morgan fingerprint density at radius 2 is 0.500 bits per heavy atom. The van der Waals surface area contributed by atoms with Crippen LogP contribution in [0.5, 0.6) is 0 Å². The Hall–Kier alpha value is -5.54. The molecule has 0 saturated carbocycles. The van der Waals surface area contributed by atoms with Crippen molar-refractivity contribution in [3.8, 4) is 66.8 Å². The van der Waals surface area contributed by atoms with Crippen molar-refractivity contribution in [2.45, 2.75) is 37.2 Å². The average Bonchev–Trinajstić information content (AvgIpc) is 3.29. The highest BCUT2D eigenvalue weighted by molar-refractivity contribution is 8.76. The first-order valence-corrected chi connectivity index (χ1v) is 22.0. The molecule has 0 bridgehead atoms. The number of hydrogen-bond acceptors (Lipinski definition) is 2. The van der Waals surface area contributed by atoms with E-state index in [1.165, 1.54) is 77.9 Å². The minimum Gasteiger partial charge on any atom is -0.0852 e. The molecule has 8 rings (SSSR count). The van der Waals surface area contributed by atoms with Gasteiger partial charge in [0.05, 0.1) is 0 Å². The lowest BCUT2D eigenvalue weighted by atomic mass is 9.86. The van der Waals surface area contributed by atoms with E-state index in [1.807, 2.05) is 21.6 Å². The van der Waals surface area contributed by atoms with Crippen molar-refractivity contribution in [3.63, 3.8) is 0 Å². The van der Waals surface area contributed by atoms with Crippen LogP contribution in [0.4, 0.5) is 0 Å². The third-order valence-corrected chi connectivity index (χ3v) is 14.0. The molecule has 0 N–H and O–H groups in total. The van der Waals surface area contributed by atoms with Gasteiger partial charge in [0.15, 0.2) is 0 Å². The molecule has 0 aliphatic rings. The summed E-state index contributed by atoms with van der Waals surface area (Å²) in [6.45, 7) is 4.71. The van der Waals surface area contributed by atoms with Gasteiger partial charge in [-0.05, 0) is 115 Å². The second kappa shape index (κ2) is 17.9. The van der Waals surface area contributed by atoms with Crippen LogP contribution in [-0.4, -0.2) is 0 Å². The Labute approximate surface area is 341 Å². The van der Waals surface area contributed by atoms with Gasteiger partial charge in [0.2, 0.25) is 0 Å². The van der Waals surface area contributed by atoms with Gasteiger partial charge < -0.3 is 0 Å². The molecule has 0 saturated heterocycles. The van der Waals surface area contributed by atoms with Crippen LogP contribution in [0.25, 0.3) is 66.8 Å². The first-order valence-electron chi connectivity index (χ1n) is 19.7. The van der Waals surface area contributed by atoms with E-state index in [9.17, 15) is 0 Å². The third-order valence-electron chi connectivity index (χ3n) is 10.6. The lowest BCUT2D eigenvalue weighted by Gasteiger charge is -2.28. The number of rotatable bonds is 13. The van der Waals surface area contributed by atoms with E-state index in [-0.39, 0.29) is 10.5 Å². The molecule has 2 heteroatoms. The predicted molar refractivity (Wildman–Crippen MR) is 247 cm³/mol. The van der Waals surface area contributed by atoms with E-state index in [1.54, 1.807) is 0 Å².